The van der Waals surface area contributed by atoms with Gasteiger partial charge in [-0.25, -0.2) is 0 Å². The van der Waals surface area contributed by atoms with Crippen LogP contribution in [0.2, 0.25) is 0 Å². The molecule has 1 radical (unpaired) electrons. The van der Waals surface area contributed by atoms with Crippen molar-refractivity contribution in [3.63, 3.8) is 0 Å². The number of hydrogen-bond donors (Lipinski definition) is 1. The van der Waals surface area contributed by atoms with E-state index in [2.05, 4.69) is 51.2 Å². The molecule has 18 heavy (non-hydrogen) atoms. The summed E-state index contributed by atoms with van der Waals surface area (Å²) in [6.07, 6.45) is 0. The van der Waals surface area contributed by atoms with Crippen LogP contribution < -0.4 is 5.32 Å². The van der Waals surface area contributed by atoms with Gasteiger partial charge in [-0.2, -0.15) is 0 Å². The highest BCUT2D eigenvalue weighted by Crippen LogP contribution is 2.19. The molecule has 0 unspecified atom stereocenters. The van der Waals surface area contributed by atoms with Gasteiger partial charge in [0.1, 0.15) is 0 Å². The summed E-state index contributed by atoms with van der Waals surface area (Å²) in [6, 6.07) is 12.6. The van der Waals surface area contributed by atoms with Crippen molar-refractivity contribution in [2.24, 2.45) is 0 Å². The first-order valence-corrected chi connectivity index (χ1v) is 6.29. The van der Waals surface area contributed by atoms with Crippen molar-refractivity contribution in [3.8, 4) is 0 Å². The third-order valence-electron chi connectivity index (χ3n) is 3.31. The molecule has 0 bridgehead atoms. The topological polar surface area (TPSA) is 12.0 Å². The Balaban J connectivity index is 2.19. The first kappa shape index (κ1) is 12.7. The summed E-state index contributed by atoms with van der Waals surface area (Å²) >= 11 is 0. The zero-order chi connectivity index (χ0) is 13.1. The molecule has 0 aromatic heterocycles. The highest BCUT2D eigenvalue weighted by atomic mass is 14.9. The number of benzene rings is 2. The van der Waals surface area contributed by atoms with Gasteiger partial charge in [-0.15, -0.1) is 0 Å². The standard InChI is InChI=1S/C17H20N/c1-12-9-14(3)16(15(4)10-12)11-18-17-8-6-5-7-13(17)2/h5-10,18H,2,11H2,1,3-4H3. The number of nitrogens with one attached hydrogen (secondary N) is 1. The molecule has 0 heterocycles. The van der Waals surface area contributed by atoms with Crippen LogP contribution >= 0.6 is 0 Å². The average molecular weight is 238 g/mol. The Hall–Kier alpha value is -1.76. The minimum Gasteiger partial charge on any atom is -0.381 e. The van der Waals surface area contributed by atoms with Crippen LogP contribution in [-0.4, -0.2) is 0 Å². The molecule has 1 heteroatoms. The molecule has 0 fully saturated rings. The molecule has 93 valence electrons. The Morgan fingerprint density at radius 3 is 2.22 bits per heavy atom. The molecule has 0 aliphatic rings. The largest absolute Gasteiger partial charge is 0.381 e. The third kappa shape index (κ3) is 2.73. The van der Waals surface area contributed by atoms with Crippen LogP contribution in [0.3, 0.4) is 0 Å². The molecule has 0 amide bonds. The average Bonchev–Trinajstić information content (AvgIpc) is 2.30. The minimum atomic E-state index is 0.852. The van der Waals surface area contributed by atoms with Gasteiger partial charge < -0.3 is 5.32 Å². The number of rotatable bonds is 3. The van der Waals surface area contributed by atoms with Crippen molar-refractivity contribution < 1.29 is 0 Å². The summed E-state index contributed by atoms with van der Waals surface area (Å²) in [4.78, 5) is 0. The molecule has 2 rings (SSSR count). The van der Waals surface area contributed by atoms with E-state index in [-0.39, 0.29) is 0 Å². The van der Waals surface area contributed by atoms with Gasteiger partial charge in [0.25, 0.3) is 0 Å². The van der Waals surface area contributed by atoms with Crippen LogP contribution in [0.5, 0.6) is 0 Å². The zero-order valence-corrected chi connectivity index (χ0v) is 11.4. The molecule has 0 atom stereocenters. The molecule has 2 aromatic carbocycles. The van der Waals surface area contributed by atoms with Gasteiger partial charge in [0, 0.05) is 12.2 Å². The Morgan fingerprint density at radius 1 is 1.00 bits per heavy atom. The lowest BCUT2D eigenvalue weighted by Gasteiger charge is -2.14. The second kappa shape index (κ2) is 5.26. The molecule has 0 aliphatic heterocycles. The van der Waals surface area contributed by atoms with Crippen LogP contribution in [0.4, 0.5) is 5.69 Å². The van der Waals surface area contributed by atoms with E-state index in [0.29, 0.717) is 0 Å². The van der Waals surface area contributed by atoms with Crippen LogP contribution in [0, 0.1) is 27.7 Å². The van der Waals surface area contributed by atoms with E-state index in [4.69, 9.17) is 0 Å². The maximum atomic E-state index is 4.03. The van der Waals surface area contributed by atoms with Gasteiger partial charge in [0.15, 0.2) is 0 Å². The van der Waals surface area contributed by atoms with E-state index in [1.165, 1.54) is 22.3 Å². The smallest absolute Gasteiger partial charge is 0.0406 e. The lowest BCUT2D eigenvalue weighted by molar-refractivity contribution is 1.08. The molecule has 1 N–H and O–H groups in total. The Labute approximate surface area is 110 Å². The fraction of sp³-hybridized carbons (Fsp3) is 0.235. The van der Waals surface area contributed by atoms with E-state index in [0.717, 1.165) is 17.8 Å². The molecule has 0 spiro atoms. The SMILES string of the molecule is [CH2]c1ccccc1NCc1c(C)cc(C)cc1C. The minimum absolute atomic E-state index is 0.852. The number of para-hydroxylation sites is 1. The first-order valence-electron chi connectivity index (χ1n) is 6.29. The van der Waals surface area contributed by atoms with Crippen molar-refractivity contribution >= 4 is 5.69 Å². The quantitative estimate of drug-likeness (QED) is 0.835. The summed E-state index contributed by atoms with van der Waals surface area (Å²) < 4.78 is 0. The van der Waals surface area contributed by atoms with Gasteiger partial charge in [-0.1, -0.05) is 35.9 Å². The predicted molar refractivity (Wildman–Crippen MR) is 78.9 cm³/mol. The monoisotopic (exact) mass is 238 g/mol. The third-order valence-corrected chi connectivity index (χ3v) is 3.31. The highest BCUT2D eigenvalue weighted by molar-refractivity contribution is 5.53. The number of hydrogen-bond acceptors (Lipinski definition) is 1. The maximum Gasteiger partial charge on any atom is 0.0406 e. The van der Waals surface area contributed by atoms with Crippen molar-refractivity contribution in [3.05, 3.63) is 71.1 Å². The van der Waals surface area contributed by atoms with E-state index in [1.807, 2.05) is 18.2 Å². The van der Waals surface area contributed by atoms with Crippen LogP contribution in [0.25, 0.3) is 0 Å². The second-order valence-corrected chi connectivity index (χ2v) is 4.89. The van der Waals surface area contributed by atoms with Crippen molar-refractivity contribution in [1.82, 2.24) is 0 Å². The van der Waals surface area contributed by atoms with E-state index in [9.17, 15) is 0 Å². The van der Waals surface area contributed by atoms with E-state index in [1.54, 1.807) is 0 Å². The van der Waals surface area contributed by atoms with Crippen LogP contribution in [0.1, 0.15) is 27.8 Å². The van der Waals surface area contributed by atoms with E-state index >= 15 is 0 Å². The summed E-state index contributed by atoms with van der Waals surface area (Å²) in [6.45, 7) is 11.4. The van der Waals surface area contributed by atoms with Gasteiger partial charge in [0.05, 0.1) is 0 Å². The molecular weight excluding hydrogens is 218 g/mol. The Kier molecular flexibility index (Phi) is 3.71. The van der Waals surface area contributed by atoms with Crippen molar-refractivity contribution in [2.45, 2.75) is 27.3 Å². The fourth-order valence-electron chi connectivity index (χ4n) is 2.37. The molecule has 0 saturated heterocycles. The normalized spacial score (nSPS) is 10.4. The van der Waals surface area contributed by atoms with E-state index < -0.39 is 0 Å². The Morgan fingerprint density at radius 2 is 1.61 bits per heavy atom. The maximum absolute atomic E-state index is 4.03. The summed E-state index contributed by atoms with van der Waals surface area (Å²) in [7, 11) is 0. The van der Waals surface area contributed by atoms with Crippen molar-refractivity contribution in [2.75, 3.05) is 5.32 Å². The molecular formula is C17H20N. The molecule has 0 saturated carbocycles. The summed E-state index contributed by atoms with van der Waals surface area (Å²) in [5.41, 5.74) is 7.55. The van der Waals surface area contributed by atoms with Crippen LogP contribution in [-0.2, 0) is 6.54 Å². The molecule has 0 aliphatic carbocycles. The van der Waals surface area contributed by atoms with Gasteiger partial charge in [-0.05, 0) is 56.0 Å². The Bertz CT molecular complexity index is 532. The predicted octanol–water partition coefficient (Wildman–Crippen LogP) is 4.41. The lowest BCUT2D eigenvalue weighted by atomic mass is 9.99. The van der Waals surface area contributed by atoms with Crippen LogP contribution in [0.15, 0.2) is 36.4 Å². The highest BCUT2D eigenvalue weighted by Gasteiger charge is 2.04. The summed E-state index contributed by atoms with van der Waals surface area (Å²) in [5.74, 6) is 0. The number of aryl methyl sites for hydroxylation is 3. The first-order chi connectivity index (χ1) is 8.58. The van der Waals surface area contributed by atoms with Gasteiger partial charge >= 0.3 is 0 Å². The fourth-order valence-corrected chi connectivity index (χ4v) is 2.37. The summed E-state index contributed by atoms with van der Waals surface area (Å²) in [5, 5.41) is 3.47. The molecule has 2 aromatic rings. The number of anilines is 1. The van der Waals surface area contributed by atoms with Gasteiger partial charge in [0.2, 0.25) is 0 Å². The molecule has 1 nitrogen and oxygen atoms in total. The zero-order valence-electron chi connectivity index (χ0n) is 11.4. The lowest BCUT2D eigenvalue weighted by Crippen LogP contribution is -2.05. The van der Waals surface area contributed by atoms with Crippen molar-refractivity contribution in [1.29, 1.82) is 0 Å². The van der Waals surface area contributed by atoms with Gasteiger partial charge in [-0.3, -0.25) is 0 Å². The second-order valence-electron chi connectivity index (χ2n) is 4.89.